The lowest BCUT2D eigenvalue weighted by molar-refractivity contribution is -0.163. The zero-order valence-corrected chi connectivity index (χ0v) is 16.6. The lowest BCUT2D eigenvalue weighted by Crippen LogP contribution is -2.32. The van der Waals surface area contributed by atoms with Gasteiger partial charge in [-0.15, -0.1) is 6.58 Å². The van der Waals surface area contributed by atoms with E-state index in [0.717, 1.165) is 42.5 Å². The third kappa shape index (κ3) is 4.99. The Kier molecular flexibility index (Phi) is 6.68. The molecule has 0 saturated heterocycles. The van der Waals surface area contributed by atoms with Crippen molar-refractivity contribution in [2.45, 2.75) is 58.0 Å². The molecule has 1 unspecified atom stereocenters. The molecule has 0 radical (unpaired) electrons. The molecule has 0 amide bonds. The van der Waals surface area contributed by atoms with E-state index in [1.54, 1.807) is 6.08 Å². The van der Waals surface area contributed by atoms with Gasteiger partial charge in [-0.2, -0.15) is 9.97 Å². The highest BCUT2D eigenvalue weighted by Gasteiger charge is 2.24. The summed E-state index contributed by atoms with van der Waals surface area (Å²) in [4.78, 5) is 9.30. The summed E-state index contributed by atoms with van der Waals surface area (Å²) in [5, 5.41) is 7.88. The third-order valence-electron chi connectivity index (χ3n) is 4.93. The molecule has 0 aromatic carbocycles. The van der Waals surface area contributed by atoms with E-state index in [4.69, 9.17) is 14.5 Å². The van der Waals surface area contributed by atoms with Crippen LogP contribution in [0.2, 0.25) is 0 Å². The molecule has 3 rings (SSSR count). The number of nitrogens with zero attached hydrogens (tertiary/aromatic N) is 3. The summed E-state index contributed by atoms with van der Waals surface area (Å²) in [6.45, 7) is 9.02. The molecule has 7 heteroatoms. The van der Waals surface area contributed by atoms with Crippen molar-refractivity contribution >= 4 is 22.8 Å². The second-order valence-electron chi connectivity index (χ2n) is 7.01. The zero-order chi connectivity index (χ0) is 19.2. The molecule has 1 saturated carbocycles. The molecule has 148 valence electrons. The van der Waals surface area contributed by atoms with Crippen molar-refractivity contribution in [2.24, 2.45) is 7.05 Å². The summed E-state index contributed by atoms with van der Waals surface area (Å²) in [7, 11) is 2.00. The normalized spacial score (nSPS) is 21.1. The van der Waals surface area contributed by atoms with E-state index in [1.807, 2.05) is 31.7 Å². The van der Waals surface area contributed by atoms with Crippen LogP contribution in [-0.2, 0) is 16.5 Å². The van der Waals surface area contributed by atoms with Crippen LogP contribution >= 0.6 is 0 Å². The second kappa shape index (κ2) is 9.19. The van der Waals surface area contributed by atoms with Gasteiger partial charge in [-0.1, -0.05) is 6.08 Å². The van der Waals surface area contributed by atoms with Gasteiger partial charge in [-0.25, -0.2) is 0 Å². The quantitative estimate of drug-likeness (QED) is 0.516. The first-order valence-corrected chi connectivity index (χ1v) is 9.82. The molecule has 7 nitrogen and oxygen atoms in total. The summed E-state index contributed by atoms with van der Waals surface area (Å²) in [5.41, 5.74) is 0.918. The van der Waals surface area contributed by atoms with Crippen LogP contribution in [0.3, 0.4) is 0 Å². The van der Waals surface area contributed by atoms with Gasteiger partial charge in [-0.3, -0.25) is 0 Å². The van der Waals surface area contributed by atoms with Gasteiger partial charge in [0.2, 0.25) is 5.95 Å². The highest BCUT2D eigenvalue weighted by Crippen LogP contribution is 2.28. The molecule has 2 heterocycles. The SMILES string of the molecule is C=CCNc1nc(NC2CCC(OC(C)OCC)CC2)c2ccn(C)c2n1. The number of aromatic nitrogens is 3. The average molecular weight is 374 g/mol. The van der Waals surface area contributed by atoms with E-state index in [-0.39, 0.29) is 12.4 Å². The predicted molar refractivity (Wildman–Crippen MR) is 109 cm³/mol. The van der Waals surface area contributed by atoms with E-state index in [0.29, 0.717) is 25.1 Å². The Hall–Kier alpha value is -2.12. The number of anilines is 2. The van der Waals surface area contributed by atoms with Crippen molar-refractivity contribution in [1.29, 1.82) is 0 Å². The number of ether oxygens (including phenoxy) is 2. The first kappa shape index (κ1) is 19.6. The van der Waals surface area contributed by atoms with Crippen molar-refractivity contribution in [2.75, 3.05) is 23.8 Å². The lowest BCUT2D eigenvalue weighted by atomic mass is 9.93. The fourth-order valence-electron chi connectivity index (χ4n) is 3.57. The molecule has 27 heavy (non-hydrogen) atoms. The summed E-state index contributed by atoms with van der Waals surface area (Å²) >= 11 is 0. The molecule has 1 aliphatic carbocycles. The first-order chi connectivity index (χ1) is 13.1. The summed E-state index contributed by atoms with van der Waals surface area (Å²) < 4.78 is 13.5. The number of hydrogen-bond donors (Lipinski definition) is 2. The Morgan fingerprint density at radius 3 is 2.81 bits per heavy atom. The number of nitrogens with one attached hydrogen (secondary N) is 2. The Morgan fingerprint density at radius 1 is 1.33 bits per heavy atom. The first-order valence-electron chi connectivity index (χ1n) is 9.82. The summed E-state index contributed by atoms with van der Waals surface area (Å²) in [6.07, 6.45) is 8.12. The largest absolute Gasteiger partial charge is 0.367 e. The predicted octanol–water partition coefficient (Wildman–Crippen LogP) is 3.69. The Balaban J connectivity index is 1.65. The standard InChI is InChI=1S/C20H31N5O2/c1-5-12-21-20-23-18(17-11-13-25(4)19(17)24-20)22-15-7-9-16(10-8-15)27-14(3)26-6-2/h5,11,13-16H,1,6-10,12H2,2-4H3,(H2,21,22,23,24). The summed E-state index contributed by atoms with van der Waals surface area (Å²) in [6, 6.07) is 2.45. The minimum atomic E-state index is -0.131. The second-order valence-corrected chi connectivity index (χ2v) is 7.01. The highest BCUT2D eigenvalue weighted by molar-refractivity contribution is 5.88. The Labute approximate surface area is 161 Å². The minimum Gasteiger partial charge on any atom is -0.367 e. The van der Waals surface area contributed by atoms with E-state index >= 15 is 0 Å². The topological polar surface area (TPSA) is 73.2 Å². The van der Waals surface area contributed by atoms with Gasteiger partial charge in [0.1, 0.15) is 11.5 Å². The molecule has 2 aromatic rings. The Morgan fingerprint density at radius 2 is 2.11 bits per heavy atom. The van der Waals surface area contributed by atoms with Crippen LogP contribution in [0, 0.1) is 0 Å². The van der Waals surface area contributed by atoms with Crippen LogP contribution in [-0.4, -0.2) is 46.1 Å². The number of rotatable bonds is 9. The van der Waals surface area contributed by atoms with Gasteiger partial charge >= 0.3 is 0 Å². The van der Waals surface area contributed by atoms with Crippen LogP contribution in [0.4, 0.5) is 11.8 Å². The molecular formula is C20H31N5O2. The number of aryl methyl sites for hydroxylation is 1. The fraction of sp³-hybridized carbons (Fsp3) is 0.600. The van der Waals surface area contributed by atoms with E-state index in [9.17, 15) is 0 Å². The van der Waals surface area contributed by atoms with Crippen molar-refractivity contribution in [3.63, 3.8) is 0 Å². The molecule has 0 aliphatic heterocycles. The van der Waals surface area contributed by atoms with Crippen molar-refractivity contribution in [3.05, 3.63) is 24.9 Å². The average Bonchev–Trinajstić information content (AvgIpc) is 3.03. The summed E-state index contributed by atoms with van der Waals surface area (Å²) in [5.74, 6) is 1.51. The maximum absolute atomic E-state index is 5.97. The fourth-order valence-corrected chi connectivity index (χ4v) is 3.57. The number of hydrogen-bond acceptors (Lipinski definition) is 6. The van der Waals surface area contributed by atoms with Crippen molar-refractivity contribution < 1.29 is 9.47 Å². The molecule has 0 bridgehead atoms. The van der Waals surface area contributed by atoms with Crippen LogP contribution in [0.25, 0.3) is 11.0 Å². The molecule has 1 fully saturated rings. The van der Waals surface area contributed by atoms with Gasteiger partial charge < -0.3 is 24.7 Å². The third-order valence-corrected chi connectivity index (χ3v) is 4.93. The molecule has 1 aliphatic rings. The zero-order valence-electron chi connectivity index (χ0n) is 16.6. The van der Waals surface area contributed by atoms with Gasteiger partial charge in [-0.05, 0) is 45.6 Å². The molecule has 2 aromatic heterocycles. The van der Waals surface area contributed by atoms with Gasteiger partial charge in [0, 0.05) is 32.4 Å². The lowest BCUT2D eigenvalue weighted by Gasteiger charge is -2.31. The molecule has 2 N–H and O–H groups in total. The Bertz CT molecular complexity index is 752. The molecule has 0 spiro atoms. The van der Waals surface area contributed by atoms with Crippen LogP contribution in [0.15, 0.2) is 24.9 Å². The monoisotopic (exact) mass is 373 g/mol. The van der Waals surface area contributed by atoms with E-state index in [1.165, 1.54) is 0 Å². The smallest absolute Gasteiger partial charge is 0.226 e. The van der Waals surface area contributed by atoms with Crippen LogP contribution in [0.5, 0.6) is 0 Å². The maximum Gasteiger partial charge on any atom is 0.226 e. The maximum atomic E-state index is 5.97. The molecule has 1 atom stereocenters. The van der Waals surface area contributed by atoms with Crippen LogP contribution < -0.4 is 10.6 Å². The van der Waals surface area contributed by atoms with Crippen molar-refractivity contribution in [3.8, 4) is 0 Å². The highest BCUT2D eigenvalue weighted by atomic mass is 16.7. The van der Waals surface area contributed by atoms with Gasteiger partial charge in [0.15, 0.2) is 6.29 Å². The minimum absolute atomic E-state index is 0.131. The van der Waals surface area contributed by atoms with Crippen molar-refractivity contribution in [1.82, 2.24) is 14.5 Å². The van der Waals surface area contributed by atoms with Crippen LogP contribution in [0.1, 0.15) is 39.5 Å². The van der Waals surface area contributed by atoms with Gasteiger partial charge in [0.25, 0.3) is 0 Å². The van der Waals surface area contributed by atoms with E-state index < -0.39 is 0 Å². The number of fused-ring (bicyclic) bond motifs is 1. The molecular weight excluding hydrogens is 342 g/mol. The van der Waals surface area contributed by atoms with E-state index in [2.05, 4.69) is 28.3 Å². The van der Waals surface area contributed by atoms with Gasteiger partial charge in [0.05, 0.1) is 11.5 Å².